The van der Waals surface area contributed by atoms with Crippen LogP contribution in [0.4, 0.5) is 0 Å². The van der Waals surface area contributed by atoms with Crippen LogP contribution in [0.5, 0.6) is 0 Å². The predicted molar refractivity (Wildman–Crippen MR) is 155 cm³/mol. The van der Waals surface area contributed by atoms with Gasteiger partial charge in [0.15, 0.2) is 0 Å². The Bertz CT molecular complexity index is 1580. The van der Waals surface area contributed by atoms with Gasteiger partial charge in [-0.05, 0) is 53.4 Å². The van der Waals surface area contributed by atoms with Gasteiger partial charge < -0.3 is 5.32 Å². The van der Waals surface area contributed by atoms with Gasteiger partial charge in [-0.2, -0.15) is 13.5 Å². The Balaban J connectivity index is 1.75. The Morgan fingerprint density at radius 2 is 1.59 bits per heavy atom. The van der Waals surface area contributed by atoms with Crippen LogP contribution in [-0.2, 0) is 20.0 Å². The van der Waals surface area contributed by atoms with E-state index in [1.165, 1.54) is 29.3 Å². The second kappa shape index (κ2) is 12.1. The maximum absolute atomic E-state index is 13.2. The van der Waals surface area contributed by atoms with Crippen molar-refractivity contribution >= 4 is 54.9 Å². The van der Waals surface area contributed by atoms with Gasteiger partial charge >= 0.3 is 0 Å². The van der Waals surface area contributed by atoms with Crippen LogP contribution in [0.1, 0.15) is 24.0 Å². The lowest BCUT2D eigenvalue weighted by Crippen LogP contribution is -2.41. The van der Waals surface area contributed by atoms with Crippen LogP contribution in [0.3, 0.4) is 0 Å². The Hall–Kier alpha value is -2.96. The van der Waals surface area contributed by atoms with Gasteiger partial charge in [0.05, 0.1) is 22.9 Å². The number of nitrogens with two attached hydrogens (primary N) is 1. The maximum Gasteiger partial charge on any atom is 0.285 e. The molecule has 0 spiro atoms. The van der Waals surface area contributed by atoms with Crippen molar-refractivity contribution in [1.82, 2.24) is 10.3 Å². The largest absolute Gasteiger partial charge is 0.354 e. The molecule has 3 aromatic carbocycles. The van der Waals surface area contributed by atoms with E-state index >= 15 is 0 Å². The first-order valence-corrected chi connectivity index (χ1v) is 15.8. The molecule has 3 aromatic rings. The highest BCUT2D eigenvalue weighted by Gasteiger charge is 2.32. The van der Waals surface area contributed by atoms with Crippen LogP contribution in [-0.4, -0.2) is 52.4 Å². The van der Waals surface area contributed by atoms with E-state index in [0.717, 1.165) is 11.1 Å². The van der Waals surface area contributed by atoms with Crippen molar-refractivity contribution in [3.63, 3.8) is 0 Å². The molecule has 0 bridgehead atoms. The van der Waals surface area contributed by atoms with Crippen LogP contribution in [0.2, 0.25) is 10.0 Å². The van der Waals surface area contributed by atoms with Crippen molar-refractivity contribution in [3.8, 4) is 0 Å². The first-order valence-electron chi connectivity index (χ1n) is 11.9. The van der Waals surface area contributed by atoms with Crippen LogP contribution < -0.4 is 10.5 Å². The Labute approximate surface area is 238 Å². The molecule has 0 amide bonds. The third-order valence-electron chi connectivity index (χ3n) is 5.94. The van der Waals surface area contributed by atoms with Gasteiger partial charge in [0.1, 0.15) is 0 Å². The first-order chi connectivity index (χ1) is 18.4. The summed E-state index contributed by atoms with van der Waals surface area (Å²) in [5, 5.41) is 15.4. The van der Waals surface area contributed by atoms with Crippen molar-refractivity contribution in [3.05, 3.63) is 100 Å². The van der Waals surface area contributed by atoms with E-state index in [1.54, 1.807) is 19.1 Å². The van der Waals surface area contributed by atoms with Gasteiger partial charge in [-0.1, -0.05) is 72.6 Å². The van der Waals surface area contributed by atoms with Gasteiger partial charge in [-0.15, -0.1) is 4.40 Å². The van der Waals surface area contributed by atoms with E-state index in [2.05, 4.69) is 9.71 Å². The minimum Gasteiger partial charge on any atom is -0.354 e. The van der Waals surface area contributed by atoms with Gasteiger partial charge in [-0.3, -0.25) is 0 Å². The average Bonchev–Trinajstić information content (AvgIpc) is 3.32. The lowest BCUT2D eigenvalue weighted by Gasteiger charge is -2.21. The van der Waals surface area contributed by atoms with Crippen LogP contribution >= 0.6 is 23.2 Å². The summed E-state index contributed by atoms with van der Waals surface area (Å²) < 4.78 is 53.7. The smallest absolute Gasteiger partial charge is 0.285 e. The van der Waals surface area contributed by atoms with E-state index in [-0.39, 0.29) is 35.6 Å². The Morgan fingerprint density at radius 3 is 2.18 bits per heavy atom. The van der Waals surface area contributed by atoms with Gasteiger partial charge in [-0.25, -0.2) is 18.6 Å². The number of nitrogens with one attached hydrogen (secondary N) is 1. The number of rotatable bonds is 8. The summed E-state index contributed by atoms with van der Waals surface area (Å²) in [5.41, 5.74) is 2.50. The number of guanidine groups is 1. The molecule has 0 saturated heterocycles. The SMILES string of the molecule is C[C@@H](CN/C(=N\S(=O)(=O)c1ccc(Cl)cc1)N1C[C@H](c2ccccc2)C(c2ccc(Cl)cc2)=N1)CS(N)(=O)=O. The molecule has 0 unspecified atom stereocenters. The zero-order valence-electron chi connectivity index (χ0n) is 20.9. The number of sulfonamides is 2. The summed E-state index contributed by atoms with van der Waals surface area (Å²) in [4.78, 5) is -0.0514. The quantitative estimate of drug-likeness (QED) is 0.293. The number of primary sulfonamides is 1. The lowest BCUT2D eigenvalue weighted by molar-refractivity contribution is 0.448. The van der Waals surface area contributed by atoms with Crippen molar-refractivity contribution in [2.24, 2.45) is 20.6 Å². The summed E-state index contributed by atoms with van der Waals surface area (Å²) >= 11 is 12.0. The molecule has 2 atom stereocenters. The van der Waals surface area contributed by atoms with E-state index in [4.69, 9.17) is 33.4 Å². The van der Waals surface area contributed by atoms with Crippen LogP contribution in [0.25, 0.3) is 0 Å². The summed E-state index contributed by atoms with van der Waals surface area (Å²) in [5.74, 6) is -0.977. The van der Waals surface area contributed by atoms with E-state index in [0.29, 0.717) is 15.8 Å². The fraction of sp³-hybridized carbons (Fsp3) is 0.231. The highest BCUT2D eigenvalue weighted by atomic mass is 35.5. The average molecular weight is 609 g/mol. The Kier molecular flexibility index (Phi) is 8.97. The third kappa shape index (κ3) is 7.80. The molecule has 0 fully saturated rings. The summed E-state index contributed by atoms with van der Waals surface area (Å²) in [7, 11) is -7.90. The molecule has 1 heterocycles. The Morgan fingerprint density at radius 1 is 1.00 bits per heavy atom. The standard InChI is InChI=1S/C26H27Cl2N5O4S2/c1-18(17-38(29,34)35)15-30-26(32-39(36,37)23-13-11-22(28)12-14-23)33-16-24(19-5-3-2-4-6-19)25(31-33)20-7-9-21(27)10-8-20/h2-14,18,24H,15-17H2,1H3,(H,30,32)(H2,29,34,35)/t18-,24+/m0/s1. The fourth-order valence-electron chi connectivity index (χ4n) is 4.13. The molecule has 4 rings (SSSR count). The molecule has 13 heteroatoms. The minimum absolute atomic E-state index is 0.0453. The zero-order valence-corrected chi connectivity index (χ0v) is 24.1. The normalized spacial score (nSPS) is 17.1. The molecule has 9 nitrogen and oxygen atoms in total. The maximum atomic E-state index is 13.2. The fourth-order valence-corrected chi connectivity index (χ4v) is 6.26. The summed E-state index contributed by atoms with van der Waals surface area (Å²) in [6.07, 6.45) is 0. The number of nitrogens with zero attached hydrogens (tertiary/aromatic N) is 3. The molecule has 0 radical (unpaired) electrons. The predicted octanol–water partition coefficient (Wildman–Crippen LogP) is 4.06. The number of halogens is 2. The number of benzene rings is 3. The molecule has 3 N–H and O–H groups in total. The highest BCUT2D eigenvalue weighted by Crippen LogP contribution is 2.30. The monoisotopic (exact) mass is 607 g/mol. The number of hydrogen-bond acceptors (Lipinski definition) is 5. The highest BCUT2D eigenvalue weighted by molar-refractivity contribution is 7.90. The first kappa shape index (κ1) is 29.0. The second-order valence-corrected chi connectivity index (χ2v) is 13.3. The lowest BCUT2D eigenvalue weighted by atomic mass is 9.91. The molecule has 1 aliphatic rings. The number of hydrogen-bond donors (Lipinski definition) is 2. The summed E-state index contributed by atoms with van der Waals surface area (Å²) in [6, 6.07) is 22.6. The van der Waals surface area contributed by atoms with E-state index in [1.807, 2.05) is 42.5 Å². The van der Waals surface area contributed by atoms with Crippen molar-refractivity contribution < 1.29 is 16.8 Å². The molecule has 0 saturated carbocycles. The van der Waals surface area contributed by atoms with Crippen LogP contribution in [0.15, 0.2) is 93.3 Å². The van der Waals surface area contributed by atoms with Crippen LogP contribution in [0, 0.1) is 5.92 Å². The zero-order chi connectivity index (χ0) is 28.2. The second-order valence-electron chi connectivity index (χ2n) is 9.20. The van der Waals surface area contributed by atoms with E-state index < -0.39 is 26.0 Å². The van der Waals surface area contributed by atoms with Gasteiger partial charge in [0.25, 0.3) is 10.0 Å². The molecule has 0 aliphatic carbocycles. The molecule has 1 aliphatic heterocycles. The topological polar surface area (TPSA) is 134 Å². The molecular weight excluding hydrogens is 581 g/mol. The van der Waals surface area contributed by atoms with Crippen molar-refractivity contribution in [2.45, 2.75) is 17.7 Å². The van der Waals surface area contributed by atoms with Gasteiger partial charge in [0, 0.05) is 22.5 Å². The van der Waals surface area contributed by atoms with Gasteiger partial charge in [0.2, 0.25) is 16.0 Å². The number of hydrazone groups is 1. The molecule has 39 heavy (non-hydrogen) atoms. The van der Waals surface area contributed by atoms with Crippen molar-refractivity contribution in [1.29, 1.82) is 0 Å². The molecule has 0 aromatic heterocycles. The summed E-state index contributed by atoms with van der Waals surface area (Å²) in [6.45, 7) is 2.05. The molecular formula is C26H27Cl2N5O4S2. The van der Waals surface area contributed by atoms with E-state index in [9.17, 15) is 16.8 Å². The van der Waals surface area contributed by atoms with Crippen molar-refractivity contribution in [2.75, 3.05) is 18.8 Å². The molecule has 206 valence electrons. The minimum atomic E-state index is -4.17. The third-order valence-corrected chi connectivity index (χ3v) is 8.76.